The molecule has 2 rings (SSSR count). The Labute approximate surface area is 141 Å². The fourth-order valence-corrected chi connectivity index (χ4v) is 2.86. The van der Waals surface area contributed by atoms with Gasteiger partial charge in [-0.2, -0.15) is 0 Å². The van der Waals surface area contributed by atoms with Gasteiger partial charge < -0.3 is 9.64 Å². The van der Waals surface area contributed by atoms with Crippen LogP contribution in [0.3, 0.4) is 0 Å². The zero-order chi connectivity index (χ0) is 17.6. The average Bonchev–Trinajstić information content (AvgIpc) is 2.52. The minimum atomic E-state index is -3.58. The van der Waals surface area contributed by atoms with Crippen molar-refractivity contribution in [3.63, 3.8) is 0 Å². The molecule has 1 amide bonds. The Bertz CT molecular complexity index is 791. The summed E-state index contributed by atoms with van der Waals surface area (Å²) in [6.45, 7) is 0.515. The fraction of sp³-hybridized carbons (Fsp3) is 0.235. The standard InChI is InChI=1S/C17H20N2O4S/c1-19(17(20)23-12-14-6-3-2-4-7-14)11-15-8-5-9-16(10-15)13-24(18,21)22/h2-10H,11-13H2,1H3,(H2,18,21,22). The van der Waals surface area contributed by atoms with Gasteiger partial charge in [0.25, 0.3) is 0 Å². The minimum absolute atomic E-state index is 0.204. The van der Waals surface area contributed by atoms with E-state index in [1.54, 1.807) is 25.2 Å². The van der Waals surface area contributed by atoms with Crippen molar-refractivity contribution >= 4 is 16.1 Å². The molecular weight excluding hydrogens is 328 g/mol. The van der Waals surface area contributed by atoms with Crippen molar-refractivity contribution in [2.75, 3.05) is 7.05 Å². The molecule has 7 heteroatoms. The number of primary sulfonamides is 1. The second kappa shape index (κ2) is 7.94. The molecule has 6 nitrogen and oxygen atoms in total. The van der Waals surface area contributed by atoms with E-state index in [1.807, 2.05) is 36.4 Å². The van der Waals surface area contributed by atoms with E-state index in [4.69, 9.17) is 9.88 Å². The number of ether oxygens (including phenoxy) is 1. The smallest absolute Gasteiger partial charge is 0.410 e. The fourth-order valence-electron chi connectivity index (χ4n) is 2.22. The van der Waals surface area contributed by atoms with Gasteiger partial charge in [0.05, 0.1) is 5.75 Å². The van der Waals surface area contributed by atoms with Crippen LogP contribution in [0.4, 0.5) is 4.79 Å². The molecule has 0 aromatic heterocycles. The third-order valence-electron chi connectivity index (χ3n) is 3.30. The summed E-state index contributed by atoms with van der Waals surface area (Å²) in [4.78, 5) is 13.5. The van der Waals surface area contributed by atoms with Gasteiger partial charge >= 0.3 is 6.09 Å². The summed E-state index contributed by atoms with van der Waals surface area (Å²) in [6.07, 6.45) is -0.448. The molecule has 2 aromatic carbocycles. The molecule has 0 aliphatic heterocycles. The van der Waals surface area contributed by atoms with Gasteiger partial charge in [0, 0.05) is 13.6 Å². The third kappa shape index (κ3) is 6.02. The molecule has 0 atom stereocenters. The lowest BCUT2D eigenvalue weighted by molar-refractivity contribution is 0.103. The molecule has 0 spiro atoms. The highest BCUT2D eigenvalue weighted by Gasteiger charge is 2.12. The van der Waals surface area contributed by atoms with E-state index in [0.29, 0.717) is 12.1 Å². The second-order valence-corrected chi connectivity index (χ2v) is 7.14. The molecule has 0 fully saturated rings. The first kappa shape index (κ1) is 18.0. The lowest BCUT2D eigenvalue weighted by atomic mass is 10.1. The Hall–Kier alpha value is -2.38. The largest absolute Gasteiger partial charge is 0.445 e. The predicted octanol–water partition coefficient (Wildman–Crippen LogP) is 2.24. The van der Waals surface area contributed by atoms with E-state index in [1.165, 1.54) is 4.90 Å². The van der Waals surface area contributed by atoms with Gasteiger partial charge in [0.15, 0.2) is 0 Å². The van der Waals surface area contributed by atoms with Gasteiger partial charge in [-0.1, -0.05) is 54.6 Å². The predicted molar refractivity (Wildman–Crippen MR) is 91.3 cm³/mol. The van der Waals surface area contributed by atoms with E-state index < -0.39 is 16.1 Å². The number of hydrogen-bond donors (Lipinski definition) is 1. The van der Waals surface area contributed by atoms with Crippen LogP contribution in [0.2, 0.25) is 0 Å². The van der Waals surface area contributed by atoms with Gasteiger partial charge in [-0.25, -0.2) is 18.4 Å². The van der Waals surface area contributed by atoms with E-state index in [2.05, 4.69) is 0 Å². The molecule has 0 saturated carbocycles. The van der Waals surface area contributed by atoms with Crippen molar-refractivity contribution in [2.45, 2.75) is 18.9 Å². The third-order valence-corrected chi connectivity index (χ3v) is 4.03. The maximum atomic E-state index is 12.0. The molecule has 2 N–H and O–H groups in total. The lowest BCUT2D eigenvalue weighted by Gasteiger charge is -2.17. The van der Waals surface area contributed by atoms with Gasteiger partial charge in [-0.05, 0) is 16.7 Å². The molecule has 0 heterocycles. The Morgan fingerprint density at radius 3 is 2.33 bits per heavy atom. The van der Waals surface area contributed by atoms with Crippen LogP contribution >= 0.6 is 0 Å². The molecule has 128 valence electrons. The summed E-state index contributed by atoms with van der Waals surface area (Å²) >= 11 is 0. The van der Waals surface area contributed by atoms with Crippen molar-refractivity contribution in [1.82, 2.24) is 4.90 Å². The number of amides is 1. The second-order valence-electron chi connectivity index (χ2n) is 5.52. The van der Waals surface area contributed by atoms with Crippen LogP contribution in [0.25, 0.3) is 0 Å². The maximum Gasteiger partial charge on any atom is 0.410 e. The van der Waals surface area contributed by atoms with Crippen LogP contribution in [0.5, 0.6) is 0 Å². The van der Waals surface area contributed by atoms with Crippen molar-refractivity contribution in [3.8, 4) is 0 Å². The highest BCUT2D eigenvalue weighted by atomic mass is 32.2. The number of rotatable bonds is 6. The normalized spacial score (nSPS) is 11.1. The number of sulfonamides is 1. The molecular formula is C17H20N2O4S. The van der Waals surface area contributed by atoms with Crippen LogP contribution in [0.1, 0.15) is 16.7 Å². The Kier molecular flexibility index (Phi) is 5.94. The van der Waals surface area contributed by atoms with E-state index in [9.17, 15) is 13.2 Å². The molecule has 0 bridgehead atoms. The first-order valence-electron chi connectivity index (χ1n) is 7.33. The number of carbonyl (C=O) groups is 1. The zero-order valence-electron chi connectivity index (χ0n) is 13.4. The SMILES string of the molecule is CN(Cc1cccc(CS(N)(=O)=O)c1)C(=O)OCc1ccccc1. The van der Waals surface area contributed by atoms with Crippen molar-refractivity contribution in [3.05, 3.63) is 71.3 Å². The summed E-state index contributed by atoms with van der Waals surface area (Å²) in [6, 6.07) is 16.4. The molecule has 0 saturated heterocycles. The monoisotopic (exact) mass is 348 g/mol. The van der Waals surface area contributed by atoms with Crippen LogP contribution < -0.4 is 5.14 Å². The Morgan fingerprint density at radius 1 is 1.04 bits per heavy atom. The van der Waals surface area contributed by atoms with E-state index in [0.717, 1.165) is 11.1 Å². The van der Waals surface area contributed by atoms with Gasteiger partial charge in [-0.15, -0.1) is 0 Å². The summed E-state index contributed by atoms with van der Waals surface area (Å²) < 4.78 is 27.6. The molecule has 2 aromatic rings. The highest BCUT2D eigenvalue weighted by molar-refractivity contribution is 7.88. The van der Waals surface area contributed by atoms with Crippen molar-refractivity contribution < 1.29 is 17.9 Å². The summed E-state index contributed by atoms with van der Waals surface area (Å²) in [5.74, 6) is -0.233. The van der Waals surface area contributed by atoms with Crippen LogP contribution in [0, 0.1) is 0 Å². The number of carbonyl (C=O) groups excluding carboxylic acids is 1. The van der Waals surface area contributed by atoms with Crippen LogP contribution in [-0.4, -0.2) is 26.5 Å². The summed E-state index contributed by atoms with van der Waals surface area (Å²) in [5.41, 5.74) is 2.30. The van der Waals surface area contributed by atoms with E-state index >= 15 is 0 Å². The molecule has 0 aliphatic rings. The average molecular weight is 348 g/mol. The van der Waals surface area contributed by atoms with Crippen LogP contribution in [-0.2, 0) is 33.7 Å². The number of nitrogens with zero attached hydrogens (tertiary/aromatic N) is 1. The number of hydrogen-bond acceptors (Lipinski definition) is 4. The molecule has 0 radical (unpaired) electrons. The van der Waals surface area contributed by atoms with Gasteiger partial charge in [-0.3, -0.25) is 0 Å². The quantitative estimate of drug-likeness (QED) is 0.867. The lowest BCUT2D eigenvalue weighted by Crippen LogP contribution is -2.27. The highest BCUT2D eigenvalue weighted by Crippen LogP contribution is 2.11. The first-order chi connectivity index (χ1) is 11.3. The maximum absolute atomic E-state index is 12.0. The Morgan fingerprint density at radius 2 is 1.67 bits per heavy atom. The topological polar surface area (TPSA) is 89.7 Å². The molecule has 0 aliphatic carbocycles. The number of nitrogens with two attached hydrogens (primary N) is 1. The number of benzene rings is 2. The van der Waals surface area contributed by atoms with Crippen molar-refractivity contribution in [2.24, 2.45) is 5.14 Å². The first-order valence-corrected chi connectivity index (χ1v) is 9.05. The molecule has 24 heavy (non-hydrogen) atoms. The zero-order valence-corrected chi connectivity index (χ0v) is 14.2. The van der Waals surface area contributed by atoms with Gasteiger partial charge in [0.2, 0.25) is 10.0 Å². The van der Waals surface area contributed by atoms with Crippen LogP contribution in [0.15, 0.2) is 54.6 Å². The van der Waals surface area contributed by atoms with Crippen molar-refractivity contribution in [1.29, 1.82) is 0 Å². The molecule has 0 unspecified atom stereocenters. The summed E-state index contributed by atoms with van der Waals surface area (Å²) in [7, 11) is -1.96. The summed E-state index contributed by atoms with van der Waals surface area (Å²) in [5, 5.41) is 5.05. The van der Waals surface area contributed by atoms with E-state index in [-0.39, 0.29) is 12.4 Å². The minimum Gasteiger partial charge on any atom is -0.445 e. The van der Waals surface area contributed by atoms with Gasteiger partial charge in [0.1, 0.15) is 6.61 Å². The Balaban J connectivity index is 1.92.